The molecule has 140 valence electrons. The van der Waals surface area contributed by atoms with Gasteiger partial charge in [-0.1, -0.05) is 55.1 Å². The van der Waals surface area contributed by atoms with Crippen LogP contribution in [-0.4, -0.2) is 22.4 Å². The van der Waals surface area contributed by atoms with E-state index in [1.807, 2.05) is 48.5 Å². The molecule has 4 nitrogen and oxygen atoms in total. The zero-order chi connectivity index (χ0) is 18.7. The van der Waals surface area contributed by atoms with Crippen molar-refractivity contribution in [2.75, 3.05) is 6.54 Å². The third-order valence-corrected chi connectivity index (χ3v) is 5.84. The predicted molar refractivity (Wildman–Crippen MR) is 109 cm³/mol. The lowest BCUT2D eigenvalue weighted by molar-refractivity contribution is -0.128. The molecule has 4 rings (SSSR count). The maximum absolute atomic E-state index is 13.2. The normalized spacial score (nSPS) is 16.3. The van der Waals surface area contributed by atoms with Crippen molar-refractivity contribution in [1.29, 1.82) is 0 Å². The first kappa shape index (κ1) is 18.1. The molecule has 0 radical (unpaired) electrons. The van der Waals surface area contributed by atoms with Crippen LogP contribution in [0, 0.1) is 0 Å². The third-order valence-electron chi connectivity index (χ3n) is 5.60. The summed E-state index contributed by atoms with van der Waals surface area (Å²) >= 11 is 6.21. The fourth-order valence-electron chi connectivity index (χ4n) is 4.18. The van der Waals surface area contributed by atoms with Gasteiger partial charge in [-0.05, 0) is 42.7 Å². The molecule has 1 amide bonds. The van der Waals surface area contributed by atoms with Crippen molar-refractivity contribution >= 4 is 28.5 Å². The van der Waals surface area contributed by atoms with Crippen molar-refractivity contribution in [3.05, 3.63) is 64.9 Å². The largest absolute Gasteiger partial charge is 0.355 e. The first-order valence-electron chi connectivity index (χ1n) is 9.65. The van der Waals surface area contributed by atoms with Gasteiger partial charge < -0.3 is 10.3 Å². The SMILES string of the molecule is O=C(NCCc1nc2ccccc2[nH]1)C1(c2cccc(Cl)c2)CCCCC1. The van der Waals surface area contributed by atoms with E-state index in [1.54, 1.807) is 0 Å². The summed E-state index contributed by atoms with van der Waals surface area (Å²) in [5.74, 6) is 1.01. The van der Waals surface area contributed by atoms with Crippen LogP contribution in [0.5, 0.6) is 0 Å². The van der Waals surface area contributed by atoms with Crippen LogP contribution in [0.1, 0.15) is 43.5 Å². The molecule has 1 aromatic heterocycles. The number of benzene rings is 2. The van der Waals surface area contributed by atoms with Crippen LogP contribution < -0.4 is 5.32 Å². The van der Waals surface area contributed by atoms with Crippen molar-refractivity contribution < 1.29 is 4.79 Å². The van der Waals surface area contributed by atoms with Gasteiger partial charge in [-0.2, -0.15) is 0 Å². The third kappa shape index (κ3) is 3.72. The summed E-state index contributed by atoms with van der Waals surface area (Å²) in [4.78, 5) is 21.1. The van der Waals surface area contributed by atoms with Crippen LogP contribution >= 0.6 is 11.6 Å². The number of para-hydroxylation sites is 2. The number of amides is 1. The lowest BCUT2D eigenvalue weighted by Gasteiger charge is -2.36. The Hall–Kier alpha value is -2.33. The van der Waals surface area contributed by atoms with Crippen LogP contribution in [0.2, 0.25) is 5.02 Å². The van der Waals surface area contributed by atoms with E-state index in [2.05, 4.69) is 15.3 Å². The van der Waals surface area contributed by atoms with E-state index >= 15 is 0 Å². The molecule has 1 aliphatic carbocycles. The number of aromatic nitrogens is 2. The summed E-state index contributed by atoms with van der Waals surface area (Å²) in [5, 5.41) is 3.85. The number of carbonyl (C=O) groups excluding carboxylic acids is 1. The number of hydrogen-bond acceptors (Lipinski definition) is 2. The standard InChI is InChI=1S/C22H24ClN3O/c23-17-8-6-7-16(15-17)22(12-4-1-5-13-22)21(27)24-14-11-20-25-18-9-2-3-10-19(18)26-20/h2-3,6-10,15H,1,4-5,11-14H2,(H,24,27)(H,25,26). The first-order chi connectivity index (χ1) is 13.2. The van der Waals surface area contributed by atoms with Crippen LogP contribution in [0.4, 0.5) is 0 Å². The Balaban J connectivity index is 1.47. The number of fused-ring (bicyclic) bond motifs is 1. The number of hydrogen-bond donors (Lipinski definition) is 2. The van der Waals surface area contributed by atoms with Gasteiger partial charge in [-0.15, -0.1) is 0 Å². The molecule has 0 atom stereocenters. The Morgan fingerprint density at radius 1 is 1.11 bits per heavy atom. The summed E-state index contributed by atoms with van der Waals surface area (Å²) in [6, 6.07) is 15.8. The lowest BCUT2D eigenvalue weighted by Crippen LogP contribution is -2.46. The zero-order valence-electron chi connectivity index (χ0n) is 15.3. The van der Waals surface area contributed by atoms with E-state index in [4.69, 9.17) is 11.6 Å². The van der Waals surface area contributed by atoms with Crippen molar-refractivity contribution in [3.8, 4) is 0 Å². The highest BCUT2D eigenvalue weighted by Crippen LogP contribution is 2.40. The van der Waals surface area contributed by atoms with Gasteiger partial charge in [-0.25, -0.2) is 4.98 Å². The van der Waals surface area contributed by atoms with E-state index in [1.165, 1.54) is 6.42 Å². The maximum Gasteiger partial charge on any atom is 0.230 e. The molecular weight excluding hydrogens is 358 g/mol. The minimum atomic E-state index is -0.461. The fraction of sp³-hybridized carbons (Fsp3) is 0.364. The number of nitrogens with one attached hydrogen (secondary N) is 2. The number of carbonyl (C=O) groups is 1. The van der Waals surface area contributed by atoms with Crippen LogP contribution in [0.15, 0.2) is 48.5 Å². The zero-order valence-corrected chi connectivity index (χ0v) is 16.1. The molecule has 1 aliphatic rings. The van der Waals surface area contributed by atoms with E-state index in [9.17, 15) is 4.79 Å². The van der Waals surface area contributed by atoms with Gasteiger partial charge in [0.15, 0.2) is 0 Å². The Bertz CT molecular complexity index is 910. The van der Waals surface area contributed by atoms with Crippen LogP contribution in [0.3, 0.4) is 0 Å². The Kier molecular flexibility index (Phi) is 5.17. The van der Waals surface area contributed by atoms with Gasteiger partial charge in [0.2, 0.25) is 5.91 Å². The Labute approximate surface area is 164 Å². The minimum absolute atomic E-state index is 0.112. The molecule has 1 fully saturated rings. The van der Waals surface area contributed by atoms with Crippen molar-refractivity contribution in [2.24, 2.45) is 0 Å². The molecule has 1 saturated carbocycles. The molecular formula is C22H24ClN3O. The summed E-state index contributed by atoms with van der Waals surface area (Å²) in [6.45, 7) is 0.570. The Morgan fingerprint density at radius 3 is 2.70 bits per heavy atom. The quantitative estimate of drug-likeness (QED) is 0.668. The molecule has 5 heteroatoms. The van der Waals surface area contributed by atoms with Gasteiger partial charge >= 0.3 is 0 Å². The second kappa shape index (κ2) is 7.73. The number of rotatable bonds is 5. The van der Waals surface area contributed by atoms with Crippen molar-refractivity contribution in [2.45, 2.75) is 43.9 Å². The van der Waals surface area contributed by atoms with Crippen molar-refractivity contribution in [3.63, 3.8) is 0 Å². The molecule has 1 heterocycles. The molecule has 2 aromatic carbocycles. The topological polar surface area (TPSA) is 57.8 Å². The number of nitrogens with zero attached hydrogens (tertiary/aromatic N) is 1. The second-order valence-electron chi connectivity index (χ2n) is 7.36. The van der Waals surface area contributed by atoms with Gasteiger partial charge in [0.05, 0.1) is 16.4 Å². The molecule has 0 spiro atoms. The monoisotopic (exact) mass is 381 g/mol. The number of H-pyrrole nitrogens is 1. The summed E-state index contributed by atoms with van der Waals surface area (Å²) < 4.78 is 0. The summed E-state index contributed by atoms with van der Waals surface area (Å²) in [7, 11) is 0. The van der Waals surface area contributed by atoms with Crippen LogP contribution in [0.25, 0.3) is 11.0 Å². The first-order valence-corrected chi connectivity index (χ1v) is 10.0. The van der Waals surface area contributed by atoms with Gasteiger partial charge in [0, 0.05) is 18.0 Å². The number of halogens is 1. The maximum atomic E-state index is 13.2. The van der Waals surface area contributed by atoms with Crippen LogP contribution in [-0.2, 0) is 16.6 Å². The fourth-order valence-corrected chi connectivity index (χ4v) is 4.37. The predicted octanol–water partition coefficient (Wildman–Crippen LogP) is 4.78. The van der Waals surface area contributed by atoms with Crippen molar-refractivity contribution in [1.82, 2.24) is 15.3 Å². The van der Waals surface area contributed by atoms with Gasteiger partial charge in [-0.3, -0.25) is 4.79 Å². The number of aromatic amines is 1. The highest BCUT2D eigenvalue weighted by Gasteiger charge is 2.40. The molecule has 2 N–H and O–H groups in total. The second-order valence-corrected chi connectivity index (χ2v) is 7.80. The van der Waals surface area contributed by atoms with Gasteiger partial charge in [0.25, 0.3) is 0 Å². The molecule has 0 bridgehead atoms. The average Bonchev–Trinajstić information content (AvgIpc) is 3.11. The smallest absolute Gasteiger partial charge is 0.230 e. The van der Waals surface area contributed by atoms with Gasteiger partial charge in [0.1, 0.15) is 5.82 Å². The molecule has 27 heavy (non-hydrogen) atoms. The molecule has 0 aliphatic heterocycles. The number of imidazole rings is 1. The van der Waals surface area contributed by atoms with E-state index in [0.717, 1.165) is 48.1 Å². The molecule has 0 saturated heterocycles. The van der Waals surface area contributed by atoms with E-state index in [-0.39, 0.29) is 5.91 Å². The summed E-state index contributed by atoms with van der Waals surface area (Å²) in [6.07, 6.45) is 5.78. The lowest BCUT2D eigenvalue weighted by atomic mass is 9.68. The minimum Gasteiger partial charge on any atom is -0.355 e. The molecule has 3 aromatic rings. The van der Waals surface area contributed by atoms with E-state index < -0.39 is 5.41 Å². The Morgan fingerprint density at radius 2 is 1.93 bits per heavy atom. The highest BCUT2D eigenvalue weighted by atomic mass is 35.5. The summed E-state index contributed by atoms with van der Waals surface area (Å²) in [5.41, 5.74) is 2.57. The average molecular weight is 382 g/mol. The molecule has 0 unspecified atom stereocenters. The van der Waals surface area contributed by atoms with E-state index in [0.29, 0.717) is 18.0 Å². The highest BCUT2D eigenvalue weighted by molar-refractivity contribution is 6.30.